The summed E-state index contributed by atoms with van der Waals surface area (Å²) in [5.74, 6) is -0.771. The highest BCUT2D eigenvalue weighted by atomic mass is 19.4. The van der Waals surface area contributed by atoms with Crippen LogP contribution in [0.4, 0.5) is 18.9 Å². The molecule has 3 aromatic carbocycles. The Morgan fingerprint density at radius 1 is 1.00 bits per heavy atom. The average molecular weight is 516 g/mol. The van der Waals surface area contributed by atoms with Crippen LogP contribution in [0, 0.1) is 6.57 Å². The van der Waals surface area contributed by atoms with Gasteiger partial charge in [0.1, 0.15) is 5.69 Å². The molecule has 2 bridgehead atoms. The third-order valence-electron chi connectivity index (χ3n) is 7.22. The predicted molar refractivity (Wildman–Crippen MR) is 132 cm³/mol. The minimum atomic E-state index is -4.81. The van der Waals surface area contributed by atoms with E-state index in [4.69, 9.17) is 6.57 Å². The summed E-state index contributed by atoms with van der Waals surface area (Å²) in [5.41, 5.74) is -0.0675. The van der Waals surface area contributed by atoms with Crippen LogP contribution in [-0.4, -0.2) is 31.6 Å². The van der Waals surface area contributed by atoms with Crippen molar-refractivity contribution in [3.63, 3.8) is 0 Å². The Labute approximate surface area is 214 Å². The first-order valence-corrected chi connectivity index (χ1v) is 11.8. The van der Waals surface area contributed by atoms with Gasteiger partial charge in [-0.15, -0.1) is 0 Å². The zero-order valence-corrected chi connectivity index (χ0v) is 19.7. The highest BCUT2D eigenvalue weighted by molar-refractivity contribution is 5.95. The van der Waals surface area contributed by atoms with Crippen LogP contribution in [0.15, 0.2) is 77.6 Å². The number of imidazole rings is 1. The normalized spacial score (nSPS) is 17.9. The van der Waals surface area contributed by atoms with Gasteiger partial charge in [-0.25, -0.2) is 14.2 Å². The van der Waals surface area contributed by atoms with E-state index >= 15 is 0 Å². The first-order valence-electron chi connectivity index (χ1n) is 11.8. The monoisotopic (exact) mass is 516 g/mol. The number of amides is 1. The summed E-state index contributed by atoms with van der Waals surface area (Å²) in [6.07, 6.45) is -4.38. The van der Waals surface area contributed by atoms with Gasteiger partial charge in [0.25, 0.3) is 5.91 Å². The molecule has 7 nitrogen and oxygen atoms in total. The van der Waals surface area contributed by atoms with E-state index in [0.29, 0.717) is 18.1 Å². The maximum absolute atomic E-state index is 13.5. The van der Waals surface area contributed by atoms with Crippen LogP contribution in [-0.2, 0) is 6.18 Å². The molecule has 1 aromatic heterocycles. The zero-order valence-electron chi connectivity index (χ0n) is 19.7. The van der Waals surface area contributed by atoms with Crippen LogP contribution in [0.5, 0.6) is 5.88 Å². The maximum atomic E-state index is 13.5. The van der Waals surface area contributed by atoms with Crippen molar-refractivity contribution in [3.8, 4) is 22.7 Å². The van der Waals surface area contributed by atoms with Crippen LogP contribution in [0.3, 0.4) is 0 Å². The number of halogens is 3. The number of nitrogens with zero attached hydrogens (tertiary/aromatic N) is 4. The summed E-state index contributed by atoms with van der Waals surface area (Å²) < 4.78 is 42.7. The van der Waals surface area contributed by atoms with Gasteiger partial charge in [-0.2, -0.15) is 13.2 Å². The lowest BCUT2D eigenvalue weighted by Crippen LogP contribution is -2.37. The molecule has 38 heavy (non-hydrogen) atoms. The summed E-state index contributed by atoms with van der Waals surface area (Å²) >= 11 is 0. The van der Waals surface area contributed by atoms with Crippen molar-refractivity contribution in [2.24, 2.45) is 0 Å². The number of aromatic hydroxyl groups is 1. The lowest BCUT2D eigenvalue weighted by atomic mass is 10.0. The number of carbonyl (C=O) groups excluding carboxylic acids is 1. The van der Waals surface area contributed by atoms with Gasteiger partial charge in [0.05, 0.1) is 29.9 Å². The Morgan fingerprint density at radius 3 is 2.34 bits per heavy atom. The SMILES string of the molecule is [C-]#[N+]c1ccc(-n2c(O)c3n(c2=O)C2CC3N(C(=O)c3ccc(-c4ccccc4)cc3)C2)cc1C(F)(F)F. The van der Waals surface area contributed by atoms with Gasteiger partial charge in [-0.05, 0) is 41.8 Å². The van der Waals surface area contributed by atoms with Gasteiger partial charge in [0.2, 0.25) is 5.88 Å². The van der Waals surface area contributed by atoms with Gasteiger partial charge >= 0.3 is 11.9 Å². The predicted octanol–water partition coefficient (Wildman–Crippen LogP) is 5.72. The fourth-order valence-corrected chi connectivity index (χ4v) is 5.49. The topological polar surface area (TPSA) is 71.8 Å². The maximum Gasteiger partial charge on any atom is 0.407 e. The molecule has 2 atom stereocenters. The van der Waals surface area contributed by atoms with Crippen LogP contribution >= 0.6 is 0 Å². The number of fused-ring (bicyclic) bond motifs is 5. The number of carbonyl (C=O) groups is 1. The zero-order chi connectivity index (χ0) is 26.8. The van der Waals surface area contributed by atoms with Crippen LogP contribution in [0.2, 0.25) is 0 Å². The van der Waals surface area contributed by atoms with Gasteiger partial charge in [-0.3, -0.25) is 9.36 Å². The van der Waals surface area contributed by atoms with Crippen molar-refractivity contribution in [3.05, 3.63) is 112 Å². The van der Waals surface area contributed by atoms with Gasteiger partial charge < -0.3 is 10.0 Å². The van der Waals surface area contributed by atoms with E-state index in [1.165, 1.54) is 10.6 Å². The second-order valence-corrected chi connectivity index (χ2v) is 9.31. The second kappa shape index (κ2) is 8.38. The third kappa shape index (κ3) is 3.50. The minimum absolute atomic E-state index is 0.198. The molecule has 0 radical (unpaired) electrons. The van der Waals surface area contributed by atoms with Crippen LogP contribution in [0.25, 0.3) is 21.7 Å². The van der Waals surface area contributed by atoms with Crippen molar-refractivity contribution in [1.82, 2.24) is 14.0 Å². The van der Waals surface area contributed by atoms with Crippen molar-refractivity contribution in [2.75, 3.05) is 6.54 Å². The lowest BCUT2D eigenvalue weighted by molar-refractivity contribution is -0.136. The molecule has 2 aliphatic rings. The Bertz CT molecular complexity index is 1680. The van der Waals surface area contributed by atoms with E-state index in [2.05, 4.69) is 4.85 Å². The molecule has 1 N–H and O–H groups in total. The number of benzene rings is 3. The summed E-state index contributed by atoms with van der Waals surface area (Å²) in [6, 6.07) is 18.7. The molecule has 1 fully saturated rings. The molecule has 3 heterocycles. The minimum Gasteiger partial charge on any atom is -0.493 e. The first-order chi connectivity index (χ1) is 18.2. The molecule has 1 saturated heterocycles. The fourth-order valence-electron chi connectivity index (χ4n) is 5.49. The molecule has 0 aliphatic carbocycles. The first kappa shape index (κ1) is 23.6. The van der Waals surface area contributed by atoms with Crippen LogP contribution in [0.1, 0.15) is 40.1 Å². The van der Waals surface area contributed by atoms with Crippen molar-refractivity contribution in [1.29, 1.82) is 0 Å². The Kier molecular flexibility index (Phi) is 5.21. The molecule has 4 aromatic rings. The molecule has 0 spiro atoms. The molecular formula is C28H19F3N4O3. The van der Waals surface area contributed by atoms with E-state index in [-0.39, 0.29) is 23.8 Å². The van der Waals surface area contributed by atoms with E-state index < -0.39 is 41.1 Å². The largest absolute Gasteiger partial charge is 0.493 e. The van der Waals surface area contributed by atoms with Gasteiger partial charge in [-0.1, -0.05) is 48.5 Å². The summed E-state index contributed by atoms with van der Waals surface area (Å²) in [5, 5.41) is 11.0. The molecular weight excluding hydrogens is 497 g/mol. The second-order valence-electron chi connectivity index (χ2n) is 9.31. The molecule has 1 amide bonds. The number of likely N-dealkylation sites (tertiary alicyclic amines) is 1. The average Bonchev–Trinajstić information content (AvgIpc) is 3.59. The van der Waals surface area contributed by atoms with Crippen LogP contribution < -0.4 is 5.69 Å². The van der Waals surface area contributed by atoms with Gasteiger partial charge in [0, 0.05) is 12.1 Å². The highest BCUT2D eigenvalue weighted by Crippen LogP contribution is 2.49. The van der Waals surface area contributed by atoms with Gasteiger partial charge in [0.15, 0.2) is 5.69 Å². The molecule has 6 rings (SSSR count). The number of hydrogen-bond acceptors (Lipinski definition) is 3. The molecule has 190 valence electrons. The van der Waals surface area contributed by atoms with E-state index in [1.54, 1.807) is 17.0 Å². The Balaban J connectivity index is 1.34. The van der Waals surface area contributed by atoms with Crippen molar-refractivity contribution in [2.45, 2.75) is 24.7 Å². The highest BCUT2D eigenvalue weighted by Gasteiger charge is 2.49. The molecule has 10 heteroatoms. The lowest BCUT2D eigenvalue weighted by Gasteiger charge is -2.27. The number of alkyl halides is 3. The Hall–Kier alpha value is -4.78. The third-order valence-corrected chi connectivity index (χ3v) is 7.22. The summed E-state index contributed by atoms with van der Waals surface area (Å²) in [4.78, 5) is 31.1. The summed E-state index contributed by atoms with van der Waals surface area (Å²) in [6.45, 7) is 7.26. The summed E-state index contributed by atoms with van der Waals surface area (Å²) in [7, 11) is 0. The molecule has 2 aliphatic heterocycles. The number of aromatic nitrogens is 2. The fraction of sp³-hybridized carbons (Fsp3) is 0.179. The van der Waals surface area contributed by atoms with E-state index in [1.807, 2.05) is 42.5 Å². The Morgan fingerprint density at radius 2 is 1.68 bits per heavy atom. The standard InChI is InChI=1S/C28H19F3N4O3/c1-32-22-12-11-19(13-21(22)28(29,30)31)35-26(37)24-23-14-20(34(24)27(35)38)15-33(23)25(36)18-9-7-17(8-10-18)16-5-3-2-4-6-16/h2-13,20,23,37H,14-15H2. The molecule has 0 saturated carbocycles. The number of rotatable bonds is 3. The van der Waals surface area contributed by atoms with E-state index in [9.17, 15) is 27.9 Å². The quantitative estimate of drug-likeness (QED) is 0.354. The molecule has 2 unspecified atom stereocenters. The van der Waals surface area contributed by atoms with Crippen molar-refractivity contribution < 1.29 is 23.1 Å². The van der Waals surface area contributed by atoms with Crippen molar-refractivity contribution >= 4 is 11.6 Å². The van der Waals surface area contributed by atoms with E-state index in [0.717, 1.165) is 21.8 Å². The smallest absolute Gasteiger partial charge is 0.407 e. The number of hydrogen-bond donors (Lipinski definition) is 1.